The third-order valence-corrected chi connectivity index (χ3v) is 5.39. The molecule has 1 aromatic heterocycles. The van der Waals surface area contributed by atoms with E-state index in [4.69, 9.17) is 4.52 Å². The maximum Gasteiger partial charge on any atom is 0.325 e. The SMILES string of the molecule is O=C1N[C@]2(CCSC2)C(=O)N1Cc1cc(-c2ccccc2)on1. The molecule has 7 heteroatoms. The zero-order valence-corrected chi connectivity index (χ0v) is 13.1. The largest absolute Gasteiger partial charge is 0.356 e. The minimum absolute atomic E-state index is 0.132. The highest BCUT2D eigenvalue weighted by atomic mass is 32.2. The van der Waals surface area contributed by atoms with E-state index in [9.17, 15) is 9.59 Å². The van der Waals surface area contributed by atoms with Crippen molar-refractivity contribution in [3.63, 3.8) is 0 Å². The average Bonchev–Trinajstić information content (AvgIpc) is 3.27. The van der Waals surface area contributed by atoms with Crippen molar-refractivity contribution in [3.8, 4) is 11.3 Å². The number of hydrogen-bond donors (Lipinski definition) is 1. The van der Waals surface area contributed by atoms with E-state index in [2.05, 4.69) is 10.5 Å². The first-order valence-electron chi connectivity index (χ1n) is 7.41. The predicted molar refractivity (Wildman–Crippen MR) is 85.7 cm³/mol. The summed E-state index contributed by atoms with van der Waals surface area (Å²) < 4.78 is 5.32. The number of carbonyl (C=O) groups excluding carboxylic acids is 2. The van der Waals surface area contributed by atoms with Crippen LogP contribution in [0.15, 0.2) is 40.9 Å². The Kier molecular flexibility index (Phi) is 3.37. The molecule has 2 aliphatic heterocycles. The molecule has 3 heterocycles. The van der Waals surface area contributed by atoms with Crippen LogP contribution in [0.25, 0.3) is 11.3 Å². The van der Waals surface area contributed by atoms with Crippen molar-refractivity contribution in [2.45, 2.75) is 18.5 Å². The number of imide groups is 1. The molecule has 6 nitrogen and oxygen atoms in total. The molecular formula is C16H15N3O3S. The van der Waals surface area contributed by atoms with Crippen molar-refractivity contribution < 1.29 is 14.1 Å². The molecular weight excluding hydrogens is 314 g/mol. The van der Waals surface area contributed by atoms with Crippen LogP contribution in [0.5, 0.6) is 0 Å². The zero-order chi connectivity index (χ0) is 15.9. The second kappa shape index (κ2) is 5.42. The Bertz CT molecular complexity index is 753. The van der Waals surface area contributed by atoms with Gasteiger partial charge >= 0.3 is 6.03 Å². The van der Waals surface area contributed by atoms with Gasteiger partial charge in [0.25, 0.3) is 5.91 Å². The summed E-state index contributed by atoms with van der Waals surface area (Å²) in [5, 5.41) is 6.83. The fourth-order valence-corrected chi connectivity index (χ4v) is 4.26. The summed E-state index contributed by atoms with van der Waals surface area (Å²) in [5.74, 6) is 2.00. The second-order valence-electron chi connectivity index (χ2n) is 5.75. The van der Waals surface area contributed by atoms with Crippen LogP contribution in [0.2, 0.25) is 0 Å². The molecule has 0 radical (unpaired) electrons. The number of urea groups is 1. The van der Waals surface area contributed by atoms with E-state index in [1.807, 2.05) is 30.3 Å². The van der Waals surface area contributed by atoms with E-state index in [1.165, 1.54) is 4.90 Å². The monoisotopic (exact) mass is 329 g/mol. The van der Waals surface area contributed by atoms with Crippen LogP contribution in [-0.2, 0) is 11.3 Å². The number of thioether (sulfide) groups is 1. The summed E-state index contributed by atoms with van der Waals surface area (Å²) >= 11 is 1.69. The fourth-order valence-electron chi connectivity index (χ4n) is 2.94. The molecule has 1 N–H and O–H groups in total. The van der Waals surface area contributed by atoms with Gasteiger partial charge in [-0.25, -0.2) is 4.79 Å². The Labute approximate surface area is 137 Å². The summed E-state index contributed by atoms with van der Waals surface area (Å²) in [7, 11) is 0. The van der Waals surface area contributed by atoms with Gasteiger partial charge in [0.15, 0.2) is 5.76 Å². The third kappa shape index (κ3) is 2.41. The Morgan fingerprint density at radius 3 is 2.87 bits per heavy atom. The standard InChI is InChI=1S/C16H15N3O3S/c20-14-16(6-7-23-10-16)17-15(21)19(14)9-12-8-13(22-18-12)11-4-2-1-3-5-11/h1-5,8H,6-7,9-10H2,(H,17,21)/t16-/m0/s1. The highest BCUT2D eigenvalue weighted by molar-refractivity contribution is 7.99. The van der Waals surface area contributed by atoms with Crippen LogP contribution in [0.3, 0.4) is 0 Å². The topological polar surface area (TPSA) is 75.4 Å². The molecule has 118 valence electrons. The van der Waals surface area contributed by atoms with Gasteiger partial charge in [-0.05, 0) is 12.2 Å². The smallest absolute Gasteiger partial charge is 0.325 e. The number of hydrogen-bond acceptors (Lipinski definition) is 5. The molecule has 0 unspecified atom stereocenters. The van der Waals surface area contributed by atoms with Crippen LogP contribution in [0, 0.1) is 0 Å². The van der Waals surface area contributed by atoms with E-state index < -0.39 is 5.54 Å². The fraction of sp³-hybridized carbons (Fsp3) is 0.312. The molecule has 1 aromatic carbocycles. The van der Waals surface area contributed by atoms with Crippen molar-refractivity contribution in [2.24, 2.45) is 0 Å². The van der Waals surface area contributed by atoms with Gasteiger partial charge in [0.1, 0.15) is 11.2 Å². The number of amides is 3. The molecule has 0 bridgehead atoms. The summed E-state index contributed by atoms with van der Waals surface area (Å²) in [6.45, 7) is 0.132. The highest BCUT2D eigenvalue weighted by Crippen LogP contribution is 2.34. The molecule has 1 atom stereocenters. The van der Waals surface area contributed by atoms with Crippen LogP contribution in [0.4, 0.5) is 4.79 Å². The quantitative estimate of drug-likeness (QED) is 0.874. The molecule has 2 saturated heterocycles. The second-order valence-corrected chi connectivity index (χ2v) is 6.86. The van der Waals surface area contributed by atoms with Crippen molar-refractivity contribution in [3.05, 3.63) is 42.1 Å². The Balaban J connectivity index is 1.54. The average molecular weight is 329 g/mol. The zero-order valence-electron chi connectivity index (χ0n) is 12.3. The lowest BCUT2D eigenvalue weighted by molar-refractivity contribution is -0.130. The number of benzene rings is 1. The Hall–Kier alpha value is -2.28. The number of nitrogens with zero attached hydrogens (tertiary/aromatic N) is 2. The molecule has 23 heavy (non-hydrogen) atoms. The number of carbonyl (C=O) groups is 2. The van der Waals surface area contributed by atoms with Gasteiger partial charge in [0, 0.05) is 17.4 Å². The summed E-state index contributed by atoms with van der Waals surface area (Å²) in [6.07, 6.45) is 0.687. The lowest BCUT2D eigenvalue weighted by atomic mass is 9.99. The maximum atomic E-state index is 12.6. The molecule has 0 saturated carbocycles. The van der Waals surface area contributed by atoms with E-state index in [0.717, 1.165) is 11.3 Å². The molecule has 2 fully saturated rings. The van der Waals surface area contributed by atoms with Gasteiger partial charge in [-0.3, -0.25) is 9.69 Å². The van der Waals surface area contributed by atoms with Gasteiger partial charge < -0.3 is 9.84 Å². The summed E-state index contributed by atoms with van der Waals surface area (Å²) in [4.78, 5) is 26.0. The summed E-state index contributed by atoms with van der Waals surface area (Å²) in [5.41, 5.74) is 0.760. The first kappa shape index (κ1) is 14.3. The van der Waals surface area contributed by atoms with Crippen molar-refractivity contribution >= 4 is 23.7 Å². The van der Waals surface area contributed by atoms with Crippen molar-refractivity contribution in [1.29, 1.82) is 0 Å². The van der Waals surface area contributed by atoms with Gasteiger partial charge in [-0.15, -0.1) is 0 Å². The molecule has 2 aliphatic rings. The minimum atomic E-state index is -0.715. The van der Waals surface area contributed by atoms with E-state index in [1.54, 1.807) is 17.8 Å². The van der Waals surface area contributed by atoms with E-state index in [0.29, 0.717) is 23.6 Å². The van der Waals surface area contributed by atoms with Gasteiger partial charge in [-0.2, -0.15) is 11.8 Å². The normalized spacial score (nSPS) is 23.7. The maximum absolute atomic E-state index is 12.6. The molecule has 3 amide bonds. The van der Waals surface area contributed by atoms with E-state index >= 15 is 0 Å². The lowest BCUT2D eigenvalue weighted by Gasteiger charge is -2.18. The molecule has 0 aliphatic carbocycles. The van der Waals surface area contributed by atoms with Gasteiger partial charge in [-0.1, -0.05) is 35.5 Å². The van der Waals surface area contributed by atoms with Gasteiger partial charge in [0.05, 0.1) is 6.54 Å². The third-order valence-electron chi connectivity index (χ3n) is 4.20. The van der Waals surface area contributed by atoms with Crippen molar-refractivity contribution in [1.82, 2.24) is 15.4 Å². The van der Waals surface area contributed by atoms with Crippen LogP contribution >= 0.6 is 11.8 Å². The van der Waals surface area contributed by atoms with Crippen LogP contribution < -0.4 is 5.32 Å². The number of rotatable bonds is 3. The molecule has 2 aromatic rings. The Morgan fingerprint density at radius 1 is 1.30 bits per heavy atom. The van der Waals surface area contributed by atoms with Gasteiger partial charge in [0.2, 0.25) is 0 Å². The number of nitrogens with one attached hydrogen (secondary N) is 1. The number of aromatic nitrogens is 1. The first-order chi connectivity index (χ1) is 11.2. The lowest BCUT2D eigenvalue weighted by Crippen LogP contribution is -2.46. The molecule has 4 rings (SSSR count). The Morgan fingerprint density at radius 2 is 2.13 bits per heavy atom. The highest BCUT2D eigenvalue weighted by Gasteiger charge is 2.52. The van der Waals surface area contributed by atoms with E-state index in [-0.39, 0.29) is 18.5 Å². The van der Waals surface area contributed by atoms with Crippen molar-refractivity contribution in [2.75, 3.05) is 11.5 Å². The predicted octanol–water partition coefficient (Wildman–Crippen LogP) is 2.27. The van der Waals surface area contributed by atoms with Crippen LogP contribution in [0.1, 0.15) is 12.1 Å². The summed E-state index contributed by atoms with van der Waals surface area (Å²) in [6, 6.07) is 11.0. The first-order valence-corrected chi connectivity index (χ1v) is 8.56. The molecule has 1 spiro atoms. The van der Waals surface area contributed by atoms with Crippen LogP contribution in [-0.4, -0.2) is 39.0 Å². The minimum Gasteiger partial charge on any atom is -0.356 e.